The van der Waals surface area contributed by atoms with Crippen LogP contribution < -0.4 is 5.32 Å². The number of carboxylic acid groups (broad SMARTS) is 1. The lowest BCUT2D eigenvalue weighted by molar-refractivity contribution is -0.192. The van der Waals surface area contributed by atoms with Crippen LogP contribution >= 0.6 is 69.6 Å². The van der Waals surface area contributed by atoms with Crippen molar-refractivity contribution < 1.29 is 47.2 Å². The average Bonchev–Trinajstić information content (AvgIpc) is 3.29. The Balaban J connectivity index is 0.000000285. The summed E-state index contributed by atoms with van der Waals surface area (Å²) in [4.78, 5) is 47.3. The van der Waals surface area contributed by atoms with Gasteiger partial charge in [-0.3, -0.25) is 9.78 Å². The Labute approximate surface area is 267 Å². The molecule has 232 valence electrons. The van der Waals surface area contributed by atoms with E-state index in [1.165, 1.54) is 6.20 Å². The first kappa shape index (κ1) is 36.0. The molecule has 0 aliphatic rings. The normalized spacial score (nSPS) is 11.5. The molecule has 0 saturated carbocycles. The van der Waals surface area contributed by atoms with E-state index in [0.29, 0.717) is 16.7 Å². The molecule has 0 saturated heterocycles. The second kappa shape index (κ2) is 15.0. The van der Waals surface area contributed by atoms with Crippen LogP contribution in [0.15, 0.2) is 48.8 Å². The van der Waals surface area contributed by atoms with Crippen molar-refractivity contribution in [2.75, 3.05) is 0 Å². The molecule has 4 aromatic rings. The zero-order chi connectivity index (χ0) is 32.6. The monoisotopic (exact) mass is 727 g/mol. The van der Waals surface area contributed by atoms with Gasteiger partial charge in [-0.25, -0.2) is 19.6 Å². The van der Waals surface area contributed by atoms with E-state index in [1.807, 2.05) is 24.3 Å². The number of imidazole rings is 1. The number of carboxylic acids is 1. The van der Waals surface area contributed by atoms with Gasteiger partial charge in [0, 0.05) is 17.8 Å². The molecule has 1 amide bonds. The van der Waals surface area contributed by atoms with Crippen molar-refractivity contribution in [2.45, 2.75) is 20.7 Å². The SMILES string of the molecule is O=C(NCc1nc2ccccc2[nH]1)c1ncc2cccnc2c1O.O=C(O)C(F)(F)F.O=C(OC(Cl)(Cl)Cl)OC(Cl)(Cl)Cl. The zero-order valence-corrected chi connectivity index (χ0v) is 25.0. The maximum atomic E-state index is 12.3. The van der Waals surface area contributed by atoms with E-state index in [9.17, 15) is 27.9 Å². The number of H-pyrrole nitrogens is 1. The fraction of sp³-hybridized carbons (Fsp3) is 0.182. The van der Waals surface area contributed by atoms with Crippen molar-refractivity contribution in [2.24, 2.45) is 0 Å². The first-order valence-corrected chi connectivity index (χ1v) is 13.0. The number of carbonyl (C=O) groups excluding carboxylic acids is 2. The van der Waals surface area contributed by atoms with Gasteiger partial charge in [0.25, 0.3) is 5.91 Å². The minimum atomic E-state index is -5.08. The van der Waals surface area contributed by atoms with Gasteiger partial charge >= 0.3 is 26.3 Å². The number of carbonyl (C=O) groups is 3. The Kier molecular flexibility index (Phi) is 12.5. The maximum absolute atomic E-state index is 12.3. The van der Waals surface area contributed by atoms with E-state index in [-0.39, 0.29) is 18.0 Å². The summed E-state index contributed by atoms with van der Waals surface area (Å²) in [6.07, 6.45) is -3.42. The van der Waals surface area contributed by atoms with Crippen LogP contribution in [0.3, 0.4) is 0 Å². The first-order chi connectivity index (χ1) is 19.8. The van der Waals surface area contributed by atoms with Gasteiger partial charge in [-0.05, 0) is 93.9 Å². The summed E-state index contributed by atoms with van der Waals surface area (Å²) in [7, 11) is 0. The van der Waals surface area contributed by atoms with E-state index in [1.54, 1.807) is 18.3 Å². The van der Waals surface area contributed by atoms with E-state index in [4.69, 9.17) is 79.5 Å². The second-order valence-corrected chi connectivity index (χ2v) is 11.8. The third-order valence-electron chi connectivity index (χ3n) is 4.33. The molecule has 3 aromatic heterocycles. The minimum absolute atomic E-state index is 0.0580. The number of para-hydroxylation sites is 2. The van der Waals surface area contributed by atoms with Crippen molar-refractivity contribution >= 4 is 110 Å². The highest BCUT2D eigenvalue weighted by atomic mass is 35.6. The Morgan fingerprint density at radius 2 is 1.51 bits per heavy atom. The van der Waals surface area contributed by atoms with Crippen molar-refractivity contribution in [3.63, 3.8) is 0 Å². The lowest BCUT2D eigenvalue weighted by Crippen LogP contribution is -2.24. The quantitative estimate of drug-likeness (QED) is 0.133. The fourth-order valence-electron chi connectivity index (χ4n) is 2.74. The Morgan fingerprint density at radius 3 is 2.05 bits per heavy atom. The van der Waals surface area contributed by atoms with Crippen molar-refractivity contribution in [1.82, 2.24) is 25.3 Å². The van der Waals surface area contributed by atoms with Crippen LogP contribution in [-0.2, 0) is 20.8 Å². The number of alkyl halides is 9. The molecular formula is C22H14Cl6F3N5O7. The molecule has 4 N–H and O–H groups in total. The molecule has 4 rings (SSSR count). The highest BCUT2D eigenvalue weighted by Crippen LogP contribution is 2.32. The number of hydrogen-bond acceptors (Lipinski definition) is 9. The molecule has 21 heteroatoms. The highest BCUT2D eigenvalue weighted by molar-refractivity contribution is 6.67. The Hall–Kier alpha value is -3.21. The molecule has 1 aromatic carbocycles. The number of amides is 1. The van der Waals surface area contributed by atoms with Crippen LogP contribution in [0, 0.1) is 0 Å². The molecule has 12 nitrogen and oxygen atoms in total. The summed E-state index contributed by atoms with van der Waals surface area (Å²) in [5, 5.41) is 20.7. The molecule has 0 aliphatic carbocycles. The predicted octanol–water partition coefficient (Wildman–Crippen LogP) is 6.57. The van der Waals surface area contributed by atoms with Gasteiger partial charge in [-0.2, -0.15) is 13.2 Å². The third-order valence-corrected chi connectivity index (χ3v) is 4.79. The molecular weight excluding hydrogens is 716 g/mol. The highest BCUT2D eigenvalue weighted by Gasteiger charge is 2.38. The molecule has 0 radical (unpaired) electrons. The van der Waals surface area contributed by atoms with Gasteiger partial charge in [0.05, 0.1) is 17.6 Å². The number of fused-ring (bicyclic) bond motifs is 2. The van der Waals surface area contributed by atoms with Gasteiger partial charge < -0.3 is 30.0 Å². The number of aromatic amines is 1. The molecule has 0 spiro atoms. The number of hydrogen-bond donors (Lipinski definition) is 4. The summed E-state index contributed by atoms with van der Waals surface area (Å²) in [6.45, 7) is 0.203. The lowest BCUT2D eigenvalue weighted by Gasteiger charge is -2.15. The summed E-state index contributed by atoms with van der Waals surface area (Å²) < 4.78 is 35.2. The number of aromatic nitrogens is 4. The number of nitrogens with one attached hydrogen (secondary N) is 2. The van der Waals surface area contributed by atoms with E-state index in [2.05, 4.69) is 34.7 Å². The predicted molar refractivity (Wildman–Crippen MR) is 150 cm³/mol. The topological polar surface area (TPSA) is 177 Å². The summed E-state index contributed by atoms with van der Waals surface area (Å²) in [5.74, 6) is -2.84. The largest absolute Gasteiger partial charge is 0.515 e. The number of benzene rings is 1. The van der Waals surface area contributed by atoms with E-state index in [0.717, 1.165) is 11.0 Å². The zero-order valence-electron chi connectivity index (χ0n) is 20.5. The van der Waals surface area contributed by atoms with E-state index < -0.39 is 32.2 Å². The standard InChI is InChI=1S/C17H13N5O2.C3Cl6O3.C2HF3O2/c23-16-14-10(4-3-7-18-14)8-19-15(16)17(24)20-9-13-21-11-5-1-2-6-12(11)22-13;4-2(5,6)11-1(10)12-3(7,8)9;3-2(4,5)1(6)7/h1-8,23H,9H2,(H,20,24)(H,21,22);;(H,6,7). The van der Waals surface area contributed by atoms with Gasteiger partial charge in [0.15, 0.2) is 11.4 Å². The van der Waals surface area contributed by atoms with Crippen LogP contribution in [0.5, 0.6) is 5.75 Å². The molecule has 0 atom stereocenters. The van der Waals surface area contributed by atoms with E-state index >= 15 is 0 Å². The number of halogens is 9. The number of aliphatic carboxylic acids is 1. The van der Waals surface area contributed by atoms with Gasteiger partial charge in [-0.1, -0.05) is 12.1 Å². The van der Waals surface area contributed by atoms with Crippen molar-refractivity contribution in [3.05, 3.63) is 60.3 Å². The molecule has 0 fully saturated rings. The number of aromatic hydroxyl groups is 1. The van der Waals surface area contributed by atoms with Crippen LogP contribution in [0.2, 0.25) is 0 Å². The summed E-state index contributed by atoms with van der Waals surface area (Å²) in [5.41, 5.74) is 2.02. The molecule has 43 heavy (non-hydrogen) atoms. The fourth-order valence-corrected chi connectivity index (χ4v) is 3.12. The number of pyridine rings is 2. The molecule has 0 unspecified atom stereocenters. The molecule has 0 aliphatic heterocycles. The minimum Gasteiger partial charge on any atom is -0.504 e. The number of rotatable bonds is 3. The maximum Gasteiger partial charge on any atom is 0.515 e. The average molecular weight is 730 g/mol. The lowest BCUT2D eigenvalue weighted by atomic mass is 10.2. The Morgan fingerprint density at radius 1 is 0.930 bits per heavy atom. The van der Waals surface area contributed by atoms with Crippen LogP contribution in [0.25, 0.3) is 21.9 Å². The second-order valence-electron chi connectivity index (χ2n) is 7.43. The number of nitrogens with zero attached hydrogens (tertiary/aromatic N) is 3. The smallest absolute Gasteiger partial charge is 0.504 e. The molecule has 0 bridgehead atoms. The van der Waals surface area contributed by atoms with Crippen LogP contribution in [-0.4, -0.2) is 62.3 Å². The van der Waals surface area contributed by atoms with Gasteiger partial charge in [0.1, 0.15) is 11.3 Å². The third kappa shape index (κ3) is 12.5. The van der Waals surface area contributed by atoms with Crippen molar-refractivity contribution in [3.8, 4) is 5.75 Å². The Bertz CT molecular complexity index is 1550. The van der Waals surface area contributed by atoms with Gasteiger partial charge in [0.2, 0.25) is 0 Å². The summed E-state index contributed by atoms with van der Waals surface area (Å²) in [6, 6.07) is 11.1. The van der Waals surface area contributed by atoms with Crippen LogP contribution in [0.4, 0.5) is 18.0 Å². The number of ether oxygens (including phenoxy) is 2. The summed E-state index contributed by atoms with van der Waals surface area (Å²) >= 11 is 30.2. The van der Waals surface area contributed by atoms with Gasteiger partial charge in [-0.15, -0.1) is 0 Å². The first-order valence-electron chi connectivity index (χ1n) is 10.8. The molecule has 3 heterocycles. The van der Waals surface area contributed by atoms with Crippen molar-refractivity contribution in [1.29, 1.82) is 0 Å². The van der Waals surface area contributed by atoms with Crippen LogP contribution in [0.1, 0.15) is 16.3 Å².